The first kappa shape index (κ1) is 14.7. The van der Waals surface area contributed by atoms with Crippen molar-refractivity contribution in [2.24, 2.45) is 5.92 Å². The first-order valence-corrected chi connectivity index (χ1v) is 7.55. The van der Waals surface area contributed by atoms with E-state index in [1.165, 1.54) is 0 Å². The zero-order chi connectivity index (χ0) is 14.5. The minimum Gasteiger partial charge on any atom is -0.399 e. The third kappa shape index (κ3) is 3.24. The third-order valence-corrected chi connectivity index (χ3v) is 4.16. The van der Waals surface area contributed by atoms with Crippen molar-refractivity contribution in [1.82, 2.24) is 4.90 Å². The Morgan fingerprint density at radius 3 is 2.40 bits per heavy atom. The molecule has 0 spiro atoms. The molecule has 1 aromatic carbocycles. The number of nitrogen functional groups attached to an aromatic ring is 1. The van der Waals surface area contributed by atoms with Gasteiger partial charge < -0.3 is 15.5 Å². The number of piperazine rings is 1. The summed E-state index contributed by atoms with van der Waals surface area (Å²) < 4.78 is 0. The highest BCUT2D eigenvalue weighted by molar-refractivity contribution is 5.79. The van der Waals surface area contributed by atoms with Crippen LogP contribution in [0.5, 0.6) is 0 Å². The molecular formula is C16H25N3O. The van der Waals surface area contributed by atoms with Crippen molar-refractivity contribution in [3.63, 3.8) is 0 Å². The van der Waals surface area contributed by atoms with Crippen LogP contribution in [0.25, 0.3) is 0 Å². The topological polar surface area (TPSA) is 49.6 Å². The summed E-state index contributed by atoms with van der Waals surface area (Å²) in [6, 6.07) is 7.95. The number of hydrogen-bond donors (Lipinski definition) is 1. The predicted molar refractivity (Wildman–Crippen MR) is 83.7 cm³/mol. The molecule has 0 atom stereocenters. The van der Waals surface area contributed by atoms with E-state index in [0.717, 1.165) is 50.4 Å². The van der Waals surface area contributed by atoms with E-state index in [1.807, 2.05) is 23.1 Å². The normalized spacial score (nSPS) is 15.8. The standard InChI is InChI=1S/C16H25N3O/c1-3-13(4-2)16(20)19-10-8-18(9-11-19)15-7-5-6-14(17)12-15/h5-7,12-13H,3-4,8-11,17H2,1-2H3. The van der Waals surface area contributed by atoms with E-state index in [1.54, 1.807) is 0 Å². The van der Waals surface area contributed by atoms with Gasteiger partial charge in [-0.15, -0.1) is 0 Å². The van der Waals surface area contributed by atoms with Gasteiger partial charge in [-0.25, -0.2) is 0 Å². The quantitative estimate of drug-likeness (QED) is 0.858. The zero-order valence-electron chi connectivity index (χ0n) is 12.5. The molecule has 0 saturated carbocycles. The van der Waals surface area contributed by atoms with Gasteiger partial charge in [0, 0.05) is 43.5 Å². The van der Waals surface area contributed by atoms with Crippen LogP contribution in [0, 0.1) is 5.92 Å². The highest BCUT2D eigenvalue weighted by atomic mass is 16.2. The van der Waals surface area contributed by atoms with E-state index in [2.05, 4.69) is 24.8 Å². The zero-order valence-corrected chi connectivity index (χ0v) is 12.5. The second kappa shape index (κ2) is 6.64. The maximum Gasteiger partial charge on any atom is 0.225 e. The molecule has 1 aliphatic rings. The molecule has 1 aliphatic heterocycles. The van der Waals surface area contributed by atoms with Gasteiger partial charge in [-0.1, -0.05) is 19.9 Å². The lowest BCUT2D eigenvalue weighted by atomic mass is 10.0. The Bertz CT molecular complexity index is 449. The molecule has 4 heteroatoms. The monoisotopic (exact) mass is 275 g/mol. The van der Waals surface area contributed by atoms with Crippen molar-refractivity contribution in [3.05, 3.63) is 24.3 Å². The third-order valence-electron chi connectivity index (χ3n) is 4.16. The van der Waals surface area contributed by atoms with Gasteiger partial charge in [-0.3, -0.25) is 4.79 Å². The first-order valence-electron chi connectivity index (χ1n) is 7.55. The van der Waals surface area contributed by atoms with E-state index in [9.17, 15) is 4.79 Å². The smallest absolute Gasteiger partial charge is 0.225 e. The van der Waals surface area contributed by atoms with Gasteiger partial charge in [0.15, 0.2) is 0 Å². The Morgan fingerprint density at radius 2 is 1.85 bits per heavy atom. The number of amides is 1. The predicted octanol–water partition coefficient (Wildman–Crippen LogP) is 2.35. The lowest BCUT2D eigenvalue weighted by Crippen LogP contribution is -2.50. The van der Waals surface area contributed by atoms with E-state index in [4.69, 9.17) is 5.73 Å². The minimum atomic E-state index is 0.189. The fourth-order valence-corrected chi connectivity index (χ4v) is 2.80. The molecule has 20 heavy (non-hydrogen) atoms. The lowest BCUT2D eigenvalue weighted by molar-refractivity contribution is -0.136. The molecule has 0 unspecified atom stereocenters. The van der Waals surface area contributed by atoms with Crippen LogP contribution >= 0.6 is 0 Å². The van der Waals surface area contributed by atoms with Gasteiger partial charge in [0.2, 0.25) is 5.91 Å². The van der Waals surface area contributed by atoms with Crippen LogP contribution in [0.3, 0.4) is 0 Å². The Kier molecular flexibility index (Phi) is 4.88. The van der Waals surface area contributed by atoms with Crippen molar-refractivity contribution in [3.8, 4) is 0 Å². The fourth-order valence-electron chi connectivity index (χ4n) is 2.80. The van der Waals surface area contributed by atoms with Gasteiger partial charge in [0.05, 0.1) is 0 Å². The highest BCUT2D eigenvalue weighted by Crippen LogP contribution is 2.20. The number of nitrogens with zero attached hydrogens (tertiary/aromatic N) is 2. The molecule has 1 aromatic rings. The summed E-state index contributed by atoms with van der Waals surface area (Å²) in [5, 5.41) is 0. The van der Waals surface area contributed by atoms with Crippen LogP contribution in [-0.2, 0) is 4.79 Å². The summed E-state index contributed by atoms with van der Waals surface area (Å²) in [4.78, 5) is 16.7. The number of rotatable bonds is 4. The first-order chi connectivity index (χ1) is 9.65. The molecule has 4 nitrogen and oxygen atoms in total. The number of nitrogens with two attached hydrogens (primary N) is 1. The van der Waals surface area contributed by atoms with Gasteiger partial charge >= 0.3 is 0 Å². The molecular weight excluding hydrogens is 250 g/mol. The second-order valence-electron chi connectivity index (χ2n) is 5.42. The van der Waals surface area contributed by atoms with Gasteiger partial charge in [-0.05, 0) is 31.0 Å². The number of carbonyl (C=O) groups excluding carboxylic acids is 1. The molecule has 1 fully saturated rings. The number of benzene rings is 1. The van der Waals surface area contributed by atoms with Crippen LogP contribution in [0.15, 0.2) is 24.3 Å². The van der Waals surface area contributed by atoms with Crippen molar-refractivity contribution in [1.29, 1.82) is 0 Å². The fraction of sp³-hybridized carbons (Fsp3) is 0.562. The Balaban J connectivity index is 1.94. The van der Waals surface area contributed by atoms with Crippen LogP contribution in [-0.4, -0.2) is 37.0 Å². The van der Waals surface area contributed by atoms with Crippen molar-refractivity contribution in [2.45, 2.75) is 26.7 Å². The molecule has 2 N–H and O–H groups in total. The van der Waals surface area contributed by atoms with Crippen LogP contribution < -0.4 is 10.6 Å². The highest BCUT2D eigenvalue weighted by Gasteiger charge is 2.25. The Morgan fingerprint density at radius 1 is 1.20 bits per heavy atom. The number of carbonyl (C=O) groups is 1. The maximum absolute atomic E-state index is 12.3. The van der Waals surface area contributed by atoms with Crippen LogP contribution in [0.4, 0.5) is 11.4 Å². The summed E-state index contributed by atoms with van der Waals surface area (Å²) in [7, 11) is 0. The number of anilines is 2. The van der Waals surface area contributed by atoms with Crippen molar-refractivity contribution >= 4 is 17.3 Å². The lowest BCUT2D eigenvalue weighted by Gasteiger charge is -2.37. The Hall–Kier alpha value is -1.71. The number of hydrogen-bond acceptors (Lipinski definition) is 3. The minimum absolute atomic E-state index is 0.189. The van der Waals surface area contributed by atoms with E-state index < -0.39 is 0 Å². The molecule has 1 heterocycles. The Labute approximate surface area is 121 Å². The van der Waals surface area contributed by atoms with E-state index >= 15 is 0 Å². The van der Waals surface area contributed by atoms with Crippen LogP contribution in [0.1, 0.15) is 26.7 Å². The molecule has 1 amide bonds. The maximum atomic E-state index is 12.3. The molecule has 1 saturated heterocycles. The molecule has 110 valence electrons. The van der Waals surface area contributed by atoms with Gasteiger partial charge in [0.25, 0.3) is 0 Å². The SMILES string of the molecule is CCC(CC)C(=O)N1CCN(c2cccc(N)c2)CC1. The molecule has 0 aliphatic carbocycles. The van der Waals surface area contributed by atoms with Crippen molar-refractivity contribution < 1.29 is 4.79 Å². The van der Waals surface area contributed by atoms with Crippen molar-refractivity contribution in [2.75, 3.05) is 36.8 Å². The summed E-state index contributed by atoms with van der Waals surface area (Å²) in [5.74, 6) is 0.510. The summed E-state index contributed by atoms with van der Waals surface area (Å²) in [6.45, 7) is 7.57. The van der Waals surface area contributed by atoms with Crippen LogP contribution in [0.2, 0.25) is 0 Å². The van der Waals surface area contributed by atoms with Gasteiger partial charge in [-0.2, -0.15) is 0 Å². The average Bonchev–Trinajstić information content (AvgIpc) is 2.48. The summed E-state index contributed by atoms with van der Waals surface area (Å²) in [5.41, 5.74) is 7.77. The van der Waals surface area contributed by atoms with E-state index in [-0.39, 0.29) is 5.92 Å². The summed E-state index contributed by atoms with van der Waals surface area (Å²) >= 11 is 0. The van der Waals surface area contributed by atoms with E-state index in [0.29, 0.717) is 5.91 Å². The largest absolute Gasteiger partial charge is 0.399 e. The molecule has 0 bridgehead atoms. The molecule has 0 aromatic heterocycles. The summed E-state index contributed by atoms with van der Waals surface area (Å²) in [6.07, 6.45) is 1.87. The molecule has 0 radical (unpaired) electrons. The average molecular weight is 275 g/mol. The second-order valence-corrected chi connectivity index (χ2v) is 5.42. The van der Waals surface area contributed by atoms with Gasteiger partial charge in [0.1, 0.15) is 0 Å². The molecule has 2 rings (SSSR count).